The van der Waals surface area contributed by atoms with Gasteiger partial charge in [0.1, 0.15) is 11.5 Å². The maximum atomic E-state index is 13.1. The number of hydrogen-bond acceptors (Lipinski definition) is 13. The second kappa shape index (κ2) is 24.9. The van der Waals surface area contributed by atoms with Crippen molar-refractivity contribution in [2.75, 3.05) is 34.1 Å². The van der Waals surface area contributed by atoms with Crippen molar-refractivity contribution in [3.63, 3.8) is 0 Å². The zero-order chi connectivity index (χ0) is 51.6. The van der Waals surface area contributed by atoms with Crippen LogP contribution in [0.15, 0.2) is 215 Å². The smallest absolute Gasteiger partial charge is 0.263 e. The molecule has 0 atom stereocenters. The van der Waals surface area contributed by atoms with Gasteiger partial charge in [-0.2, -0.15) is 15.2 Å². The van der Waals surface area contributed by atoms with Gasteiger partial charge in [-0.25, -0.2) is 26.8 Å². The number of para-hydroxylation sites is 4. The maximum absolute atomic E-state index is 13.1. The summed E-state index contributed by atoms with van der Waals surface area (Å²) < 4.78 is 66.2. The van der Waals surface area contributed by atoms with Crippen molar-refractivity contribution >= 4 is 99.7 Å². The number of benzene rings is 7. The van der Waals surface area contributed by atoms with Crippen LogP contribution in [0.25, 0.3) is 11.0 Å². The highest BCUT2D eigenvalue weighted by atomic mass is 79.9. The first-order chi connectivity index (χ1) is 35.3. The molecule has 0 fully saturated rings. The van der Waals surface area contributed by atoms with Crippen molar-refractivity contribution in [1.82, 2.24) is 9.97 Å². The maximum Gasteiger partial charge on any atom is 0.263 e. The van der Waals surface area contributed by atoms with Gasteiger partial charge >= 0.3 is 0 Å². The molecule has 8 rings (SSSR count). The van der Waals surface area contributed by atoms with Crippen molar-refractivity contribution in [3.05, 3.63) is 192 Å². The largest absolute Gasteiger partial charge is 0.493 e. The number of rotatable bonds is 17. The number of hydrazone groups is 2. The molecular weight excluding hydrogens is 1030 g/mol. The molecule has 0 saturated carbocycles. The van der Waals surface area contributed by atoms with E-state index < -0.39 is 19.9 Å². The molecule has 7 aromatic carbocycles. The summed E-state index contributed by atoms with van der Waals surface area (Å²) in [5.74, 6) is 1.57. The van der Waals surface area contributed by atoms with E-state index in [0.717, 1.165) is 32.8 Å². The Morgan fingerprint density at radius 2 is 1.08 bits per heavy atom. The second-order valence-electron chi connectivity index (χ2n) is 15.2. The van der Waals surface area contributed by atoms with Crippen LogP contribution < -0.4 is 41.8 Å². The Kier molecular flexibility index (Phi) is 17.8. The lowest BCUT2D eigenvalue weighted by Gasteiger charge is -2.08. The quantitative estimate of drug-likeness (QED) is 0.0282. The van der Waals surface area contributed by atoms with Gasteiger partial charge in [-0.15, -0.1) is 0 Å². The van der Waals surface area contributed by atoms with Crippen LogP contribution in [0.1, 0.15) is 25.0 Å². The van der Waals surface area contributed by atoms with Crippen LogP contribution in [0.2, 0.25) is 0 Å². The third kappa shape index (κ3) is 14.9. The first kappa shape index (κ1) is 52.2. The molecule has 0 spiro atoms. The molecule has 18 nitrogen and oxygen atoms in total. The summed E-state index contributed by atoms with van der Waals surface area (Å²) in [6.45, 7) is 4.97. The molecule has 0 amide bonds. The number of aliphatic imine (C=N–C) groups is 2. The van der Waals surface area contributed by atoms with Crippen LogP contribution in [0.3, 0.4) is 0 Å². The van der Waals surface area contributed by atoms with Crippen LogP contribution in [-0.4, -0.2) is 64.4 Å². The summed E-state index contributed by atoms with van der Waals surface area (Å²) in [5, 5.41) is 11.4. The number of sulfone groups is 1. The van der Waals surface area contributed by atoms with Gasteiger partial charge in [-0.05, 0) is 147 Å². The van der Waals surface area contributed by atoms with Crippen LogP contribution in [0.5, 0.6) is 11.5 Å². The molecule has 372 valence electrons. The average molecular weight is 1080 g/mol. The Balaban J connectivity index is 0.000000216. The minimum atomic E-state index is -3.88. The van der Waals surface area contributed by atoms with E-state index in [2.05, 4.69) is 67.0 Å². The monoisotopic (exact) mass is 1080 g/mol. The zero-order valence-electron chi connectivity index (χ0n) is 39.3. The predicted molar refractivity (Wildman–Crippen MR) is 293 cm³/mol. The minimum absolute atomic E-state index is 0.0277. The van der Waals surface area contributed by atoms with Gasteiger partial charge in [0.15, 0.2) is 5.82 Å². The van der Waals surface area contributed by atoms with Crippen molar-refractivity contribution in [1.29, 1.82) is 0 Å². The van der Waals surface area contributed by atoms with Gasteiger partial charge in [-0.3, -0.25) is 20.6 Å². The summed E-state index contributed by atoms with van der Waals surface area (Å²) in [4.78, 5) is 17.0. The number of ether oxygens (including phenoxy) is 2. The van der Waals surface area contributed by atoms with Crippen LogP contribution in [0, 0.1) is 0 Å². The third-order valence-electron chi connectivity index (χ3n) is 9.99. The number of anilines is 4. The zero-order valence-corrected chi connectivity index (χ0v) is 42.5. The SMILES string of the molecule is CCOc1ccccc1/C=N/Nc1ccc(S(=O)(=O)c2ccc(N/N=C/c3ccccc3OCC)cc2)cc1.NC(=Nc1ccc(S(=O)(=O)Nc2cnc3ccccc3n2)cc1)N=C(N)Nc1ccc(Br)cc1. The minimum Gasteiger partial charge on any atom is -0.493 e. The molecule has 0 aliphatic rings. The van der Waals surface area contributed by atoms with Gasteiger partial charge in [0.2, 0.25) is 21.8 Å². The molecule has 1 heterocycles. The first-order valence-electron chi connectivity index (χ1n) is 22.3. The van der Waals surface area contributed by atoms with E-state index in [1.54, 1.807) is 79.2 Å². The molecule has 0 radical (unpaired) electrons. The van der Waals surface area contributed by atoms with Crippen LogP contribution in [0.4, 0.5) is 28.6 Å². The van der Waals surface area contributed by atoms with E-state index in [0.29, 0.717) is 41.3 Å². The molecule has 1 aromatic heterocycles. The van der Waals surface area contributed by atoms with Gasteiger partial charge in [0, 0.05) is 21.3 Å². The molecule has 21 heteroatoms. The average Bonchev–Trinajstić information content (AvgIpc) is 3.39. The number of hydrogen-bond donors (Lipinski definition) is 6. The highest BCUT2D eigenvalue weighted by Crippen LogP contribution is 2.25. The number of fused-ring (bicyclic) bond motifs is 1. The molecule has 0 aliphatic carbocycles. The number of aromatic nitrogens is 2. The standard InChI is InChI=1S/C30H30N4O4S.C22H19BrN8O2S/c1-3-37-29-11-7-5-9-23(29)21-31-33-25-13-17-27(18-14-25)39(35,36)28-19-15-26(16-20-28)34-32-22-24-10-6-8-12-30(24)38-4-2;23-14-5-7-15(8-6-14)27-21(24)30-22(25)28-16-9-11-17(12-10-16)34(32,33)31-20-13-26-18-3-1-2-4-19(18)29-20/h5-22,33-34H,3-4H2,1-2H3;1-13H,(H,29,31)(H5,24,25,27,28,30)/b31-21+,32-22+;. The van der Waals surface area contributed by atoms with E-state index >= 15 is 0 Å². The third-order valence-corrected chi connectivity index (χ3v) is 13.7. The van der Waals surface area contributed by atoms with E-state index in [1.165, 1.54) is 30.5 Å². The molecule has 8 aromatic rings. The number of nitrogens with two attached hydrogens (primary N) is 2. The fraction of sp³-hybridized carbons (Fsp3) is 0.0769. The van der Waals surface area contributed by atoms with Crippen molar-refractivity contribution < 1.29 is 26.3 Å². The summed E-state index contributed by atoms with van der Waals surface area (Å²) in [6.07, 6.45) is 4.68. The molecular formula is C52H49BrN12O6S2. The van der Waals surface area contributed by atoms with Gasteiger partial charge in [0.05, 0.1) is 74.6 Å². The van der Waals surface area contributed by atoms with Crippen molar-refractivity contribution in [2.45, 2.75) is 28.5 Å². The number of halogens is 1. The molecule has 0 bridgehead atoms. The van der Waals surface area contributed by atoms with Gasteiger partial charge in [0.25, 0.3) is 10.0 Å². The Hall–Kier alpha value is -8.66. The lowest BCUT2D eigenvalue weighted by molar-refractivity contribution is 0.339. The number of nitrogens with zero attached hydrogens (tertiary/aromatic N) is 6. The molecule has 8 N–H and O–H groups in total. The second-order valence-corrected chi connectivity index (χ2v) is 19.7. The predicted octanol–water partition coefficient (Wildman–Crippen LogP) is 9.77. The normalized spacial score (nSPS) is 12.0. The number of sulfonamides is 1. The van der Waals surface area contributed by atoms with E-state index in [9.17, 15) is 16.8 Å². The summed E-state index contributed by atoms with van der Waals surface area (Å²) in [7, 11) is -7.57. The fourth-order valence-electron chi connectivity index (χ4n) is 6.55. The lowest BCUT2D eigenvalue weighted by Crippen LogP contribution is -2.26. The lowest BCUT2D eigenvalue weighted by atomic mass is 10.2. The fourth-order valence-corrected chi connectivity index (χ4v) is 9.06. The Bertz CT molecular complexity index is 3380. The molecule has 0 aliphatic heterocycles. The van der Waals surface area contributed by atoms with Crippen molar-refractivity contribution in [3.8, 4) is 11.5 Å². The summed E-state index contributed by atoms with van der Waals surface area (Å²) in [6, 6.07) is 48.4. The first-order valence-corrected chi connectivity index (χ1v) is 26.1. The van der Waals surface area contributed by atoms with Crippen LogP contribution >= 0.6 is 15.9 Å². The van der Waals surface area contributed by atoms with Gasteiger partial charge < -0.3 is 26.3 Å². The molecule has 0 unspecified atom stereocenters. The molecule has 0 saturated heterocycles. The van der Waals surface area contributed by atoms with Crippen LogP contribution in [-0.2, 0) is 19.9 Å². The highest BCUT2D eigenvalue weighted by Gasteiger charge is 2.18. The Labute approximate surface area is 431 Å². The molecule has 73 heavy (non-hydrogen) atoms. The summed E-state index contributed by atoms with van der Waals surface area (Å²) >= 11 is 3.36. The van der Waals surface area contributed by atoms with Crippen molar-refractivity contribution in [2.24, 2.45) is 31.7 Å². The topological polar surface area (TPSA) is 262 Å². The van der Waals surface area contributed by atoms with E-state index in [1.807, 2.05) is 92.7 Å². The van der Waals surface area contributed by atoms with E-state index in [4.69, 9.17) is 20.9 Å². The Morgan fingerprint density at radius 3 is 1.62 bits per heavy atom. The Morgan fingerprint density at radius 1 is 0.603 bits per heavy atom. The highest BCUT2D eigenvalue weighted by molar-refractivity contribution is 9.10. The van der Waals surface area contributed by atoms with Gasteiger partial charge in [-0.1, -0.05) is 52.3 Å². The van der Waals surface area contributed by atoms with E-state index in [-0.39, 0.29) is 32.4 Å². The summed E-state index contributed by atoms with van der Waals surface area (Å²) in [5.41, 5.74) is 22.9. The number of nitrogens with one attached hydrogen (secondary N) is 4. The number of guanidine groups is 2.